The lowest BCUT2D eigenvalue weighted by molar-refractivity contribution is -0.139. The van der Waals surface area contributed by atoms with Crippen molar-refractivity contribution < 1.29 is 19.4 Å². The second-order valence-electron chi connectivity index (χ2n) is 3.52. The summed E-state index contributed by atoms with van der Waals surface area (Å²) < 4.78 is 4.86. The van der Waals surface area contributed by atoms with Crippen LogP contribution in [0.4, 0.5) is 4.79 Å². The highest BCUT2D eigenvalue weighted by molar-refractivity contribution is 5.82. The van der Waals surface area contributed by atoms with Gasteiger partial charge in [0.15, 0.2) is 0 Å². The third kappa shape index (κ3) is 5.55. The highest BCUT2D eigenvalue weighted by atomic mass is 16.5. The maximum atomic E-state index is 11.5. The van der Waals surface area contributed by atoms with Crippen molar-refractivity contribution in [1.82, 2.24) is 10.2 Å². The van der Waals surface area contributed by atoms with Crippen LogP contribution in [-0.4, -0.2) is 55.4 Å². The molecule has 0 aromatic rings. The summed E-state index contributed by atoms with van der Waals surface area (Å²) in [5.74, 6) is -1.01. The van der Waals surface area contributed by atoms with Crippen LogP contribution in [0.15, 0.2) is 0 Å². The zero-order chi connectivity index (χ0) is 12.6. The van der Waals surface area contributed by atoms with Gasteiger partial charge in [0.2, 0.25) is 0 Å². The molecule has 94 valence electrons. The summed E-state index contributed by atoms with van der Waals surface area (Å²) in [5.41, 5.74) is 0. The summed E-state index contributed by atoms with van der Waals surface area (Å²) >= 11 is 0. The van der Waals surface area contributed by atoms with E-state index < -0.39 is 12.0 Å². The number of amides is 2. The van der Waals surface area contributed by atoms with Gasteiger partial charge < -0.3 is 20.1 Å². The zero-order valence-corrected chi connectivity index (χ0v) is 10.0. The summed E-state index contributed by atoms with van der Waals surface area (Å²) in [4.78, 5) is 23.7. The molecule has 0 radical (unpaired) electrons. The minimum Gasteiger partial charge on any atom is -0.480 e. The maximum Gasteiger partial charge on any atom is 0.326 e. The Morgan fingerprint density at radius 1 is 1.50 bits per heavy atom. The molecule has 0 aliphatic heterocycles. The van der Waals surface area contributed by atoms with Gasteiger partial charge in [0, 0.05) is 27.3 Å². The summed E-state index contributed by atoms with van der Waals surface area (Å²) in [7, 11) is 3.22. The fourth-order valence-corrected chi connectivity index (χ4v) is 1.15. The van der Waals surface area contributed by atoms with Gasteiger partial charge in [-0.25, -0.2) is 9.59 Å². The molecule has 6 nitrogen and oxygen atoms in total. The molecule has 0 bridgehead atoms. The first-order chi connectivity index (χ1) is 7.52. The van der Waals surface area contributed by atoms with E-state index in [4.69, 9.17) is 9.84 Å². The fourth-order valence-electron chi connectivity index (χ4n) is 1.15. The molecule has 0 heterocycles. The molecule has 0 aliphatic rings. The van der Waals surface area contributed by atoms with Crippen LogP contribution in [0.25, 0.3) is 0 Å². The molecule has 0 aromatic heterocycles. The number of carbonyl (C=O) groups excluding carboxylic acids is 1. The van der Waals surface area contributed by atoms with Gasteiger partial charge >= 0.3 is 12.0 Å². The van der Waals surface area contributed by atoms with E-state index in [1.54, 1.807) is 21.1 Å². The lowest BCUT2D eigenvalue weighted by Gasteiger charge is -2.20. The van der Waals surface area contributed by atoms with E-state index in [1.807, 2.05) is 0 Å². The van der Waals surface area contributed by atoms with Crippen LogP contribution >= 0.6 is 0 Å². The molecule has 0 saturated carbocycles. The summed E-state index contributed by atoms with van der Waals surface area (Å²) in [5, 5.41) is 11.2. The molecule has 0 rings (SSSR count). The van der Waals surface area contributed by atoms with Crippen molar-refractivity contribution in [3.05, 3.63) is 0 Å². The Labute approximate surface area is 95.6 Å². The van der Waals surface area contributed by atoms with E-state index in [2.05, 4.69) is 5.32 Å². The second kappa shape index (κ2) is 7.92. The topological polar surface area (TPSA) is 78.9 Å². The van der Waals surface area contributed by atoms with Crippen molar-refractivity contribution in [3.63, 3.8) is 0 Å². The molecule has 0 unspecified atom stereocenters. The Hall–Kier alpha value is -1.30. The largest absolute Gasteiger partial charge is 0.480 e. The van der Waals surface area contributed by atoms with Crippen molar-refractivity contribution in [3.8, 4) is 0 Å². The van der Waals surface area contributed by atoms with Crippen LogP contribution in [0.5, 0.6) is 0 Å². The average molecular weight is 232 g/mol. The Morgan fingerprint density at radius 3 is 2.56 bits per heavy atom. The number of hydrogen-bond donors (Lipinski definition) is 2. The van der Waals surface area contributed by atoms with Crippen molar-refractivity contribution in [1.29, 1.82) is 0 Å². The standard InChI is InChI=1S/C10H20N2O4/c1-4-8(9(13)14)11-10(15)12(2)6-5-7-16-3/h8H,4-7H2,1-3H3,(H,11,15)(H,13,14)/t8-/m1/s1. The van der Waals surface area contributed by atoms with Gasteiger partial charge in [-0.15, -0.1) is 0 Å². The van der Waals surface area contributed by atoms with Gasteiger partial charge in [-0.05, 0) is 12.8 Å². The smallest absolute Gasteiger partial charge is 0.326 e. The Bertz CT molecular complexity index is 233. The third-order valence-corrected chi connectivity index (χ3v) is 2.19. The van der Waals surface area contributed by atoms with Crippen molar-refractivity contribution >= 4 is 12.0 Å². The molecular weight excluding hydrogens is 212 g/mol. The molecule has 2 amide bonds. The summed E-state index contributed by atoms with van der Waals surface area (Å²) in [6.07, 6.45) is 1.09. The second-order valence-corrected chi connectivity index (χ2v) is 3.52. The fraction of sp³-hybridized carbons (Fsp3) is 0.800. The van der Waals surface area contributed by atoms with Crippen LogP contribution in [0, 0.1) is 0 Å². The average Bonchev–Trinajstić information content (AvgIpc) is 2.25. The number of ether oxygens (including phenoxy) is 1. The SMILES string of the molecule is CC[C@@H](NC(=O)N(C)CCCOC)C(=O)O. The number of nitrogens with zero attached hydrogens (tertiary/aromatic N) is 1. The number of carbonyl (C=O) groups is 2. The number of aliphatic carboxylic acids is 1. The predicted molar refractivity (Wildman–Crippen MR) is 59.4 cm³/mol. The number of urea groups is 1. The molecule has 0 fully saturated rings. The first kappa shape index (κ1) is 14.7. The van der Waals surface area contributed by atoms with E-state index in [0.717, 1.165) is 6.42 Å². The van der Waals surface area contributed by atoms with Crippen LogP contribution in [0.3, 0.4) is 0 Å². The molecule has 6 heteroatoms. The lowest BCUT2D eigenvalue weighted by atomic mass is 10.2. The van der Waals surface area contributed by atoms with Gasteiger partial charge in [0.25, 0.3) is 0 Å². The van der Waals surface area contributed by atoms with Gasteiger partial charge in [-0.2, -0.15) is 0 Å². The number of carboxylic acid groups (broad SMARTS) is 1. The number of hydrogen-bond acceptors (Lipinski definition) is 3. The summed E-state index contributed by atoms with van der Waals surface area (Å²) in [6, 6.07) is -1.19. The van der Waals surface area contributed by atoms with E-state index >= 15 is 0 Å². The van der Waals surface area contributed by atoms with E-state index in [1.165, 1.54) is 4.90 Å². The minimum atomic E-state index is -1.01. The molecule has 0 aromatic carbocycles. The molecular formula is C10H20N2O4. The van der Waals surface area contributed by atoms with Crippen LogP contribution in [0.1, 0.15) is 19.8 Å². The Morgan fingerprint density at radius 2 is 2.12 bits per heavy atom. The highest BCUT2D eigenvalue weighted by Gasteiger charge is 2.19. The summed E-state index contributed by atoms with van der Waals surface area (Å²) in [6.45, 7) is 2.83. The van der Waals surface area contributed by atoms with E-state index in [9.17, 15) is 9.59 Å². The normalized spacial score (nSPS) is 11.9. The van der Waals surface area contributed by atoms with Gasteiger partial charge in [0.05, 0.1) is 0 Å². The lowest BCUT2D eigenvalue weighted by Crippen LogP contribution is -2.46. The number of methoxy groups -OCH3 is 1. The molecule has 2 N–H and O–H groups in total. The molecule has 0 aliphatic carbocycles. The van der Waals surface area contributed by atoms with Crippen molar-refractivity contribution in [2.75, 3.05) is 27.3 Å². The molecule has 1 atom stereocenters. The minimum absolute atomic E-state index is 0.368. The molecule has 0 saturated heterocycles. The van der Waals surface area contributed by atoms with E-state index in [-0.39, 0.29) is 6.03 Å². The Balaban J connectivity index is 3.98. The van der Waals surface area contributed by atoms with E-state index in [0.29, 0.717) is 19.6 Å². The number of rotatable bonds is 7. The Kier molecular flexibility index (Phi) is 7.28. The van der Waals surface area contributed by atoms with Gasteiger partial charge in [-0.1, -0.05) is 6.92 Å². The van der Waals surface area contributed by atoms with Crippen molar-refractivity contribution in [2.45, 2.75) is 25.8 Å². The zero-order valence-electron chi connectivity index (χ0n) is 10.0. The van der Waals surface area contributed by atoms with Gasteiger partial charge in [-0.3, -0.25) is 0 Å². The third-order valence-electron chi connectivity index (χ3n) is 2.19. The predicted octanol–water partition coefficient (Wildman–Crippen LogP) is 0.527. The monoisotopic (exact) mass is 232 g/mol. The molecule has 0 spiro atoms. The quantitative estimate of drug-likeness (QED) is 0.627. The number of carboxylic acids is 1. The first-order valence-corrected chi connectivity index (χ1v) is 5.26. The van der Waals surface area contributed by atoms with Crippen LogP contribution < -0.4 is 5.32 Å². The van der Waals surface area contributed by atoms with Crippen LogP contribution in [-0.2, 0) is 9.53 Å². The van der Waals surface area contributed by atoms with Crippen molar-refractivity contribution in [2.24, 2.45) is 0 Å². The first-order valence-electron chi connectivity index (χ1n) is 5.26. The highest BCUT2D eigenvalue weighted by Crippen LogP contribution is 1.95. The number of nitrogens with one attached hydrogen (secondary N) is 1. The maximum absolute atomic E-state index is 11.5. The van der Waals surface area contributed by atoms with Crippen LogP contribution in [0.2, 0.25) is 0 Å². The van der Waals surface area contributed by atoms with Gasteiger partial charge in [0.1, 0.15) is 6.04 Å². The molecule has 16 heavy (non-hydrogen) atoms.